The average Bonchev–Trinajstić information content (AvgIpc) is 3.40. The number of hydrogen-bond donors (Lipinski definition) is 0. The Hall–Kier alpha value is -5.10. The van der Waals surface area contributed by atoms with Crippen LogP contribution in [0.5, 0.6) is 0 Å². The number of carbonyl (C=O) groups is 2. The van der Waals surface area contributed by atoms with Crippen molar-refractivity contribution in [2.24, 2.45) is 0 Å². The summed E-state index contributed by atoms with van der Waals surface area (Å²) in [6, 6.07) is 33.2. The summed E-state index contributed by atoms with van der Waals surface area (Å²) in [7, 11) is 0. The third kappa shape index (κ3) is 4.04. The van der Waals surface area contributed by atoms with E-state index < -0.39 is 11.8 Å². The summed E-state index contributed by atoms with van der Waals surface area (Å²) in [6.07, 6.45) is 1.93. The van der Waals surface area contributed by atoms with Gasteiger partial charge in [0.25, 0.3) is 11.8 Å². The zero-order valence-corrected chi connectivity index (χ0v) is 20.1. The molecule has 0 bridgehead atoms. The summed E-state index contributed by atoms with van der Waals surface area (Å²) in [5.74, 6) is -0.741. The molecule has 0 spiro atoms. The van der Waals surface area contributed by atoms with Gasteiger partial charge in [-0.25, -0.2) is 14.6 Å². The first-order valence-electron chi connectivity index (χ1n) is 11.9. The fourth-order valence-corrected chi connectivity index (χ4v) is 4.47. The maximum Gasteiger partial charge on any atom is 0.266 e. The van der Waals surface area contributed by atoms with Crippen molar-refractivity contribution in [3.63, 3.8) is 0 Å². The van der Waals surface area contributed by atoms with Crippen LogP contribution < -0.4 is 4.90 Å². The number of aromatic nitrogens is 3. The fraction of sp³-hybridized carbons (Fsp3) is 0.0323. The van der Waals surface area contributed by atoms with E-state index in [2.05, 4.69) is 0 Å². The van der Waals surface area contributed by atoms with Crippen LogP contribution >= 0.6 is 0 Å². The number of hydrogen-bond acceptors (Lipinski definition) is 4. The molecular formula is C31H22N4O2. The molecule has 6 aromatic rings. The van der Waals surface area contributed by atoms with Crippen LogP contribution in [0, 0.1) is 6.92 Å². The van der Waals surface area contributed by atoms with Crippen LogP contribution in [-0.2, 0) is 0 Å². The standard InChI is InChI=1S/C31H22N4O2/c1-21-11-10-16-24(19-21)34-20-26-25-17-8-9-18-27(25)32-29(28(26)33-34)35(30(36)22-12-4-2-5-13-22)31(37)23-14-6-3-7-15-23/h2-20H,1H3. The highest BCUT2D eigenvalue weighted by Crippen LogP contribution is 2.33. The molecule has 0 saturated carbocycles. The van der Waals surface area contributed by atoms with Crippen LogP contribution in [0.15, 0.2) is 115 Å². The lowest BCUT2D eigenvalue weighted by atomic mass is 10.1. The molecule has 0 N–H and O–H groups in total. The van der Waals surface area contributed by atoms with Crippen LogP contribution in [0.1, 0.15) is 26.3 Å². The van der Waals surface area contributed by atoms with Crippen LogP contribution in [0.4, 0.5) is 5.82 Å². The van der Waals surface area contributed by atoms with Gasteiger partial charge < -0.3 is 0 Å². The molecule has 2 amide bonds. The Bertz CT molecular complexity index is 1720. The van der Waals surface area contributed by atoms with Crippen LogP contribution in [-0.4, -0.2) is 26.6 Å². The third-order valence-electron chi connectivity index (χ3n) is 6.27. The minimum Gasteiger partial charge on any atom is -0.268 e. The van der Waals surface area contributed by atoms with Gasteiger partial charge in [0.1, 0.15) is 5.52 Å². The Morgan fingerprint density at radius 1 is 0.703 bits per heavy atom. The second-order valence-corrected chi connectivity index (χ2v) is 8.81. The molecule has 0 aliphatic heterocycles. The van der Waals surface area contributed by atoms with Gasteiger partial charge in [-0.2, -0.15) is 5.10 Å². The Labute approximate surface area is 213 Å². The second-order valence-electron chi connectivity index (χ2n) is 8.81. The SMILES string of the molecule is Cc1cccc(-n2cc3c(n2)c(N(C(=O)c2ccccc2)C(=O)c2ccccc2)nc2ccccc23)c1. The molecule has 0 aliphatic carbocycles. The number of carbonyl (C=O) groups excluding carboxylic acids is 2. The molecule has 0 saturated heterocycles. The summed E-state index contributed by atoms with van der Waals surface area (Å²) in [6.45, 7) is 2.02. The molecule has 4 aromatic carbocycles. The van der Waals surface area contributed by atoms with Crippen LogP contribution in [0.3, 0.4) is 0 Å². The minimum atomic E-state index is -0.469. The van der Waals surface area contributed by atoms with E-state index in [9.17, 15) is 9.59 Å². The highest BCUT2D eigenvalue weighted by molar-refractivity contribution is 6.28. The molecule has 6 rings (SSSR count). The zero-order valence-electron chi connectivity index (χ0n) is 20.1. The zero-order chi connectivity index (χ0) is 25.4. The lowest BCUT2D eigenvalue weighted by molar-refractivity contribution is 0.0897. The average molecular weight is 483 g/mol. The quantitative estimate of drug-likeness (QED) is 0.274. The normalized spacial score (nSPS) is 11.1. The monoisotopic (exact) mass is 482 g/mol. The Morgan fingerprint density at radius 2 is 1.32 bits per heavy atom. The first-order valence-corrected chi connectivity index (χ1v) is 11.9. The van der Waals surface area contributed by atoms with Gasteiger partial charge >= 0.3 is 0 Å². The summed E-state index contributed by atoms with van der Waals surface area (Å²) < 4.78 is 1.77. The number of nitrogens with zero attached hydrogens (tertiary/aromatic N) is 4. The Morgan fingerprint density at radius 3 is 1.97 bits per heavy atom. The molecule has 37 heavy (non-hydrogen) atoms. The molecule has 2 aromatic heterocycles. The first kappa shape index (κ1) is 22.4. The number of para-hydroxylation sites is 1. The molecule has 2 heterocycles. The largest absolute Gasteiger partial charge is 0.268 e. The van der Waals surface area contributed by atoms with E-state index in [-0.39, 0.29) is 5.82 Å². The van der Waals surface area contributed by atoms with Crippen molar-refractivity contribution in [1.82, 2.24) is 14.8 Å². The molecule has 0 aliphatic rings. The van der Waals surface area contributed by atoms with Crippen molar-refractivity contribution < 1.29 is 9.59 Å². The predicted molar refractivity (Wildman–Crippen MR) is 145 cm³/mol. The fourth-order valence-electron chi connectivity index (χ4n) is 4.47. The molecule has 6 nitrogen and oxygen atoms in total. The Balaban J connectivity index is 1.64. The lowest BCUT2D eigenvalue weighted by Crippen LogP contribution is -2.38. The van der Waals surface area contributed by atoms with Crippen LogP contribution in [0.2, 0.25) is 0 Å². The maximum atomic E-state index is 13.9. The summed E-state index contributed by atoms with van der Waals surface area (Å²) in [5, 5.41) is 6.54. The van der Waals surface area contributed by atoms with E-state index in [1.807, 2.05) is 73.8 Å². The van der Waals surface area contributed by atoms with Gasteiger partial charge in [-0.1, -0.05) is 66.7 Å². The van der Waals surface area contributed by atoms with E-state index >= 15 is 0 Å². The molecular weight excluding hydrogens is 460 g/mol. The van der Waals surface area contributed by atoms with E-state index in [0.717, 1.165) is 26.9 Å². The van der Waals surface area contributed by atoms with Crippen molar-refractivity contribution >= 4 is 39.4 Å². The molecule has 0 unspecified atom stereocenters. The van der Waals surface area contributed by atoms with E-state index in [4.69, 9.17) is 10.1 Å². The Kier molecular flexibility index (Phi) is 5.54. The number of anilines is 1. The number of pyridine rings is 1. The number of imide groups is 1. The van der Waals surface area contributed by atoms with Crippen molar-refractivity contribution in [1.29, 1.82) is 0 Å². The van der Waals surface area contributed by atoms with E-state index in [1.165, 1.54) is 0 Å². The lowest BCUT2D eigenvalue weighted by Gasteiger charge is -2.21. The second kappa shape index (κ2) is 9.17. The minimum absolute atomic E-state index is 0.197. The third-order valence-corrected chi connectivity index (χ3v) is 6.27. The molecule has 0 radical (unpaired) electrons. The van der Waals surface area contributed by atoms with Crippen LogP contribution in [0.25, 0.3) is 27.5 Å². The van der Waals surface area contributed by atoms with Gasteiger partial charge in [-0.3, -0.25) is 9.59 Å². The van der Waals surface area contributed by atoms with E-state index in [1.54, 1.807) is 53.2 Å². The number of rotatable bonds is 4. The van der Waals surface area contributed by atoms with Gasteiger partial charge in [0.05, 0.1) is 11.2 Å². The number of fused-ring (bicyclic) bond motifs is 3. The smallest absolute Gasteiger partial charge is 0.266 e. The first-order chi connectivity index (χ1) is 18.1. The van der Waals surface area contributed by atoms with Crippen molar-refractivity contribution in [2.75, 3.05) is 4.90 Å². The summed E-state index contributed by atoms with van der Waals surface area (Å²) in [4.78, 5) is 33.8. The summed E-state index contributed by atoms with van der Waals surface area (Å²) >= 11 is 0. The number of aryl methyl sites for hydroxylation is 1. The number of benzene rings is 4. The highest BCUT2D eigenvalue weighted by Gasteiger charge is 2.30. The van der Waals surface area contributed by atoms with Gasteiger partial charge in [0, 0.05) is 28.1 Å². The molecule has 6 heteroatoms. The van der Waals surface area contributed by atoms with Crippen molar-refractivity contribution in [3.8, 4) is 5.69 Å². The predicted octanol–water partition coefficient (Wildman–Crippen LogP) is 6.37. The van der Waals surface area contributed by atoms with Gasteiger partial charge in [0.2, 0.25) is 0 Å². The highest BCUT2D eigenvalue weighted by atomic mass is 16.2. The van der Waals surface area contributed by atoms with E-state index in [0.29, 0.717) is 22.2 Å². The van der Waals surface area contributed by atoms with Crippen molar-refractivity contribution in [3.05, 3.63) is 132 Å². The molecule has 178 valence electrons. The maximum absolute atomic E-state index is 13.9. The van der Waals surface area contributed by atoms with Gasteiger partial charge in [0.15, 0.2) is 5.82 Å². The molecule has 0 fully saturated rings. The topological polar surface area (TPSA) is 68.1 Å². The number of amides is 2. The van der Waals surface area contributed by atoms with Crippen molar-refractivity contribution in [2.45, 2.75) is 6.92 Å². The van der Waals surface area contributed by atoms with Gasteiger partial charge in [-0.05, 0) is 55.0 Å². The summed E-state index contributed by atoms with van der Waals surface area (Å²) in [5.41, 5.74) is 3.87. The van der Waals surface area contributed by atoms with Gasteiger partial charge in [-0.15, -0.1) is 0 Å². The molecule has 0 atom stereocenters.